The predicted molar refractivity (Wildman–Crippen MR) is 102 cm³/mol. The fraction of sp³-hybridized carbons (Fsp3) is 0.524. The summed E-state index contributed by atoms with van der Waals surface area (Å²) in [5.41, 5.74) is 3.47. The van der Waals surface area contributed by atoms with Crippen molar-refractivity contribution in [1.82, 2.24) is 19.4 Å². The van der Waals surface area contributed by atoms with E-state index in [1.807, 2.05) is 18.7 Å². The number of likely N-dealkylation sites (tertiary alicyclic amines) is 1. The van der Waals surface area contributed by atoms with Crippen LogP contribution in [-0.4, -0.2) is 45.0 Å². The third-order valence-electron chi connectivity index (χ3n) is 5.91. The summed E-state index contributed by atoms with van der Waals surface area (Å²) in [4.78, 5) is 21.6. The standard InChI is InChI=1S/C21H28N4O/c1-16-20-15-24(21(26)25(20)17(2)22-16)13-10-18-8-11-23(12-9-18)14-19-6-4-3-5-7-19/h3-7,18H,8-15H2,1-2H3. The van der Waals surface area contributed by atoms with Gasteiger partial charge in [0.1, 0.15) is 5.82 Å². The lowest BCUT2D eigenvalue weighted by Gasteiger charge is -2.32. The Morgan fingerprint density at radius 2 is 1.85 bits per heavy atom. The Balaban J connectivity index is 1.24. The van der Waals surface area contributed by atoms with Crippen LogP contribution in [-0.2, 0) is 13.1 Å². The summed E-state index contributed by atoms with van der Waals surface area (Å²) < 4.78 is 1.79. The smallest absolute Gasteiger partial charge is 0.318 e. The Hall–Kier alpha value is -2.14. The van der Waals surface area contributed by atoms with Gasteiger partial charge in [-0.15, -0.1) is 0 Å². The van der Waals surface area contributed by atoms with Gasteiger partial charge >= 0.3 is 6.03 Å². The first-order valence-electron chi connectivity index (χ1n) is 9.72. The minimum absolute atomic E-state index is 0.111. The van der Waals surface area contributed by atoms with Gasteiger partial charge in [0.05, 0.1) is 17.9 Å². The van der Waals surface area contributed by atoms with Crippen LogP contribution in [0.5, 0.6) is 0 Å². The molecule has 0 N–H and O–H groups in total. The van der Waals surface area contributed by atoms with Crippen molar-refractivity contribution in [2.24, 2.45) is 5.92 Å². The van der Waals surface area contributed by atoms with Crippen molar-refractivity contribution in [2.75, 3.05) is 19.6 Å². The molecule has 5 nitrogen and oxygen atoms in total. The van der Waals surface area contributed by atoms with Crippen LogP contribution in [0.2, 0.25) is 0 Å². The molecule has 0 saturated carbocycles. The predicted octanol–water partition coefficient (Wildman–Crippen LogP) is 3.59. The molecule has 1 saturated heterocycles. The lowest BCUT2D eigenvalue weighted by molar-refractivity contribution is 0.160. The van der Waals surface area contributed by atoms with E-state index >= 15 is 0 Å². The van der Waals surface area contributed by atoms with E-state index in [2.05, 4.69) is 40.2 Å². The van der Waals surface area contributed by atoms with Crippen LogP contribution in [0.1, 0.15) is 42.0 Å². The summed E-state index contributed by atoms with van der Waals surface area (Å²) in [5.74, 6) is 1.55. The maximum absolute atomic E-state index is 12.6. The molecule has 1 fully saturated rings. The fourth-order valence-corrected chi connectivity index (χ4v) is 4.33. The largest absolute Gasteiger partial charge is 0.330 e. The van der Waals surface area contributed by atoms with Crippen molar-refractivity contribution in [3.05, 3.63) is 53.1 Å². The number of rotatable bonds is 5. The summed E-state index contributed by atoms with van der Waals surface area (Å²) in [6, 6.07) is 10.8. The SMILES string of the molecule is Cc1nc(C)n2c1CN(CCC1CCN(Cc3ccccc3)CC1)C2=O. The summed E-state index contributed by atoms with van der Waals surface area (Å²) in [6.45, 7) is 8.88. The summed E-state index contributed by atoms with van der Waals surface area (Å²) in [6.07, 6.45) is 3.59. The van der Waals surface area contributed by atoms with E-state index in [0.29, 0.717) is 0 Å². The number of carbonyl (C=O) groups is 1. The average molecular weight is 352 g/mol. The van der Waals surface area contributed by atoms with Crippen LogP contribution in [0, 0.1) is 19.8 Å². The number of aryl methyl sites for hydroxylation is 2. The Bertz CT molecular complexity index is 775. The minimum atomic E-state index is 0.111. The molecule has 2 aliphatic rings. The number of hydrogen-bond acceptors (Lipinski definition) is 3. The quantitative estimate of drug-likeness (QED) is 0.826. The van der Waals surface area contributed by atoms with Gasteiger partial charge in [-0.1, -0.05) is 30.3 Å². The van der Waals surface area contributed by atoms with Crippen molar-refractivity contribution < 1.29 is 4.79 Å². The van der Waals surface area contributed by atoms with Crippen LogP contribution >= 0.6 is 0 Å². The van der Waals surface area contributed by atoms with Crippen molar-refractivity contribution in [2.45, 2.75) is 46.2 Å². The molecule has 0 spiro atoms. The van der Waals surface area contributed by atoms with Gasteiger partial charge in [0.2, 0.25) is 0 Å². The number of hydrogen-bond donors (Lipinski definition) is 0. The molecule has 1 aromatic carbocycles. The van der Waals surface area contributed by atoms with Gasteiger partial charge < -0.3 is 4.90 Å². The highest BCUT2D eigenvalue weighted by atomic mass is 16.2. The lowest BCUT2D eigenvalue weighted by Crippen LogP contribution is -2.35. The van der Waals surface area contributed by atoms with Gasteiger partial charge in [-0.2, -0.15) is 0 Å². The maximum atomic E-state index is 12.6. The number of nitrogens with zero attached hydrogens (tertiary/aromatic N) is 4. The zero-order valence-electron chi connectivity index (χ0n) is 15.8. The second-order valence-corrected chi connectivity index (χ2v) is 7.72. The number of fused-ring (bicyclic) bond motifs is 1. The van der Waals surface area contributed by atoms with E-state index in [0.717, 1.165) is 62.3 Å². The molecular weight excluding hydrogens is 324 g/mol. The van der Waals surface area contributed by atoms with E-state index in [1.54, 1.807) is 4.57 Å². The number of benzene rings is 1. The minimum Gasteiger partial charge on any atom is -0.318 e. The molecule has 3 heterocycles. The lowest BCUT2D eigenvalue weighted by atomic mass is 9.93. The van der Waals surface area contributed by atoms with Crippen LogP contribution in [0.3, 0.4) is 0 Å². The molecule has 0 atom stereocenters. The molecule has 0 bridgehead atoms. The van der Waals surface area contributed by atoms with Crippen molar-refractivity contribution in [3.8, 4) is 0 Å². The highest BCUT2D eigenvalue weighted by Crippen LogP contribution is 2.26. The molecule has 138 valence electrons. The Kier molecular flexibility index (Phi) is 4.81. The van der Waals surface area contributed by atoms with Crippen molar-refractivity contribution in [1.29, 1.82) is 0 Å². The average Bonchev–Trinajstić information content (AvgIpc) is 3.13. The van der Waals surface area contributed by atoms with Gasteiger partial charge in [0, 0.05) is 13.1 Å². The number of amides is 1. The molecule has 26 heavy (non-hydrogen) atoms. The molecule has 0 radical (unpaired) electrons. The first-order valence-corrected chi connectivity index (χ1v) is 9.72. The van der Waals surface area contributed by atoms with Gasteiger partial charge in [-0.3, -0.25) is 9.47 Å². The molecule has 4 rings (SSSR count). The number of aromatic nitrogens is 2. The van der Waals surface area contributed by atoms with Gasteiger partial charge in [0.25, 0.3) is 0 Å². The van der Waals surface area contributed by atoms with Crippen LogP contribution in [0.25, 0.3) is 0 Å². The summed E-state index contributed by atoms with van der Waals surface area (Å²) in [7, 11) is 0. The molecule has 1 aromatic heterocycles. The molecule has 2 aliphatic heterocycles. The Morgan fingerprint density at radius 3 is 2.54 bits per heavy atom. The highest BCUT2D eigenvalue weighted by Gasteiger charge is 2.31. The van der Waals surface area contributed by atoms with E-state index in [-0.39, 0.29) is 6.03 Å². The van der Waals surface area contributed by atoms with E-state index in [9.17, 15) is 4.79 Å². The summed E-state index contributed by atoms with van der Waals surface area (Å²) >= 11 is 0. The first kappa shape index (κ1) is 17.3. The van der Waals surface area contributed by atoms with E-state index in [4.69, 9.17) is 0 Å². The van der Waals surface area contributed by atoms with Crippen molar-refractivity contribution in [3.63, 3.8) is 0 Å². The molecular formula is C21H28N4O. The third kappa shape index (κ3) is 3.40. The maximum Gasteiger partial charge on any atom is 0.330 e. The van der Waals surface area contributed by atoms with Crippen LogP contribution in [0.4, 0.5) is 4.79 Å². The zero-order chi connectivity index (χ0) is 18.1. The number of piperidine rings is 1. The van der Waals surface area contributed by atoms with Gasteiger partial charge in [-0.05, 0) is 57.7 Å². The summed E-state index contributed by atoms with van der Waals surface area (Å²) in [5, 5.41) is 0. The number of carbonyl (C=O) groups excluding carboxylic acids is 1. The zero-order valence-corrected chi connectivity index (χ0v) is 15.8. The third-order valence-corrected chi connectivity index (χ3v) is 5.91. The monoisotopic (exact) mass is 352 g/mol. The van der Waals surface area contributed by atoms with E-state index < -0.39 is 0 Å². The van der Waals surface area contributed by atoms with Crippen LogP contribution < -0.4 is 0 Å². The molecule has 2 aromatic rings. The molecule has 1 amide bonds. The highest BCUT2D eigenvalue weighted by molar-refractivity contribution is 5.81. The van der Waals surface area contributed by atoms with Gasteiger partial charge in [-0.25, -0.2) is 9.78 Å². The van der Waals surface area contributed by atoms with Gasteiger partial charge in [0.15, 0.2) is 0 Å². The Morgan fingerprint density at radius 1 is 1.12 bits per heavy atom. The van der Waals surface area contributed by atoms with E-state index in [1.165, 1.54) is 18.4 Å². The number of imidazole rings is 1. The van der Waals surface area contributed by atoms with Crippen molar-refractivity contribution >= 4 is 6.03 Å². The normalized spacial score (nSPS) is 18.5. The second kappa shape index (κ2) is 7.23. The van der Waals surface area contributed by atoms with Crippen LogP contribution in [0.15, 0.2) is 30.3 Å². The second-order valence-electron chi connectivity index (χ2n) is 7.72. The Labute approximate surface area is 155 Å². The molecule has 5 heteroatoms. The first-order chi connectivity index (χ1) is 12.6. The molecule has 0 unspecified atom stereocenters. The molecule has 0 aliphatic carbocycles. The topological polar surface area (TPSA) is 41.4 Å². The fourth-order valence-electron chi connectivity index (χ4n) is 4.33.